The maximum Gasteiger partial charge on any atom is 0.490 e. The molecule has 0 saturated carbocycles. The minimum Gasteiger partial charge on any atom is -0.400 e. The van der Waals surface area contributed by atoms with Gasteiger partial charge in [-0.25, -0.2) is 0 Å². The number of nitrogens with zero attached hydrogens (tertiary/aromatic N) is 1. The monoisotopic (exact) mass is 307 g/mol. The van der Waals surface area contributed by atoms with Gasteiger partial charge in [-0.3, -0.25) is 4.79 Å². The molecule has 6 heteroatoms. The average molecular weight is 307 g/mol. The molecule has 3 rings (SSSR count). The molecule has 1 unspecified atom stereocenters. The fourth-order valence-electron chi connectivity index (χ4n) is 3.08. The molecule has 0 aromatic heterocycles. The summed E-state index contributed by atoms with van der Waals surface area (Å²) in [4.78, 5) is 14.3. The highest BCUT2D eigenvalue weighted by Gasteiger charge is 2.52. The van der Waals surface area contributed by atoms with E-state index in [-0.39, 0.29) is 30.1 Å². The largest absolute Gasteiger partial charge is 0.490 e. The predicted molar refractivity (Wildman–Crippen MR) is 84.3 cm³/mol. The summed E-state index contributed by atoms with van der Waals surface area (Å²) >= 11 is 0. The molecule has 1 atom stereocenters. The van der Waals surface area contributed by atoms with E-state index in [9.17, 15) is 4.79 Å². The zero-order valence-electron chi connectivity index (χ0n) is 14.1. The number of hydrogen-bond donors (Lipinski definition) is 0. The summed E-state index contributed by atoms with van der Waals surface area (Å²) in [5, 5.41) is 0. The Labute approximate surface area is 133 Å². The second kappa shape index (κ2) is 5.66. The molecule has 0 spiro atoms. The molecule has 0 N–H and O–H groups in total. The van der Waals surface area contributed by atoms with Gasteiger partial charge in [-0.05, 0) is 46.0 Å². The molecule has 2 saturated heterocycles. The lowest BCUT2D eigenvalue weighted by Gasteiger charge is -2.32. The van der Waals surface area contributed by atoms with Crippen molar-refractivity contribution >= 4 is 13.0 Å². The molecule has 2 fully saturated rings. The Kier molecular flexibility index (Phi) is 4.12. The Hall–Kier alpha value is -0.845. The average Bonchev–Trinajstić information content (AvgIpc) is 3.05. The van der Waals surface area contributed by atoms with Crippen LogP contribution in [0.15, 0.2) is 11.5 Å². The first-order valence-corrected chi connectivity index (χ1v) is 8.21. The van der Waals surface area contributed by atoms with Crippen LogP contribution < -0.4 is 0 Å². The zero-order chi connectivity index (χ0) is 16.0. The molecule has 22 heavy (non-hydrogen) atoms. The van der Waals surface area contributed by atoms with Crippen LogP contribution in [0.5, 0.6) is 0 Å². The Morgan fingerprint density at radius 3 is 2.45 bits per heavy atom. The molecule has 0 aromatic rings. The molecule has 0 aliphatic carbocycles. The maximum absolute atomic E-state index is 12.4. The molecule has 1 amide bonds. The number of carbonyl (C=O) groups excluding carboxylic acids is 1. The summed E-state index contributed by atoms with van der Waals surface area (Å²) in [6.45, 7) is 10.9. The maximum atomic E-state index is 12.4. The van der Waals surface area contributed by atoms with Crippen molar-refractivity contribution in [2.24, 2.45) is 5.92 Å². The van der Waals surface area contributed by atoms with Gasteiger partial charge in [0.2, 0.25) is 5.91 Å². The van der Waals surface area contributed by atoms with E-state index in [2.05, 4.69) is 33.8 Å². The minimum absolute atomic E-state index is 0.0480. The first-order chi connectivity index (χ1) is 10.3. The van der Waals surface area contributed by atoms with Crippen LogP contribution >= 0.6 is 0 Å². The van der Waals surface area contributed by atoms with E-state index in [0.717, 1.165) is 24.9 Å². The Bertz CT molecular complexity index is 467. The van der Waals surface area contributed by atoms with E-state index in [0.29, 0.717) is 19.8 Å². The topological polar surface area (TPSA) is 48.0 Å². The Morgan fingerprint density at radius 2 is 1.95 bits per heavy atom. The van der Waals surface area contributed by atoms with Gasteiger partial charge in [0.1, 0.15) is 0 Å². The van der Waals surface area contributed by atoms with E-state index < -0.39 is 0 Å². The van der Waals surface area contributed by atoms with Crippen LogP contribution in [0.1, 0.15) is 40.5 Å². The van der Waals surface area contributed by atoms with Crippen molar-refractivity contribution in [2.45, 2.75) is 51.7 Å². The SMILES string of the molecule is CC1(C)OB(C2=CCN(C(=O)C3CCOC3)CC2)OC1(C)C. The normalized spacial score (nSPS) is 30.5. The standard InChI is InChI=1S/C16H26BNO4/c1-15(2)16(3,4)22-17(21-15)13-5-8-18(9-6-13)14(19)12-7-10-20-11-12/h5,12H,6-11H2,1-4H3. The molecule has 0 aromatic carbocycles. The summed E-state index contributed by atoms with van der Waals surface area (Å²) in [5.74, 6) is 0.272. The van der Waals surface area contributed by atoms with Crippen LogP contribution in [0.3, 0.4) is 0 Å². The minimum atomic E-state index is -0.313. The van der Waals surface area contributed by atoms with Gasteiger partial charge in [0.15, 0.2) is 0 Å². The van der Waals surface area contributed by atoms with E-state index in [1.165, 1.54) is 0 Å². The lowest BCUT2D eigenvalue weighted by molar-refractivity contribution is -0.135. The Morgan fingerprint density at radius 1 is 1.27 bits per heavy atom. The van der Waals surface area contributed by atoms with E-state index in [1.54, 1.807) is 0 Å². The van der Waals surface area contributed by atoms with Crippen molar-refractivity contribution in [3.8, 4) is 0 Å². The highest BCUT2D eigenvalue weighted by Crippen LogP contribution is 2.39. The van der Waals surface area contributed by atoms with Crippen molar-refractivity contribution in [3.63, 3.8) is 0 Å². The van der Waals surface area contributed by atoms with Gasteiger partial charge in [0.05, 0.1) is 23.7 Å². The van der Waals surface area contributed by atoms with Gasteiger partial charge in [-0.15, -0.1) is 0 Å². The van der Waals surface area contributed by atoms with E-state index >= 15 is 0 Å². The molecule has 5 nitrogen and oxygen atoms in total. The Balaban J connectivity index is 1.61. The van der Waals surface area contributed by atoms with E-state index in [4.69, 9.17) is 14.0 Å². The van der Waals surface area contributed by atoms with Crippen molar-refractivity contribution in [1.29, 1.82) is 0 Å². The lowest BCUT2D eigenvalue weighted by atomic mass is 9.74. The molecule has 3 aliphatic rings. The molecular formula is C16H26BNO4. The molecular weight excluding hydrogens is 281 g/mol. The van der Waals surface area contributed by atoms with Gasteiger partial charge in [-0.1, -0.05) is 6.08 Å². The van der Waals surface area contributed by atoms with Crippen molar-refractivity contribution in [2.75, 3.05) is 26.3 Å². The van der Waals surface area contributed by atoms with Crippen LogP contribution in [0.2, 0.25) is 0 Å². The first-order valence-electron chi connectivity index (χ1n) is 8.21. The smallest absolute Gasteiger partial charge is 0.400 e. The van der Waals surface area contributed by atoms with Gasteiger partial charge < -0.3 is 18.9 Å². The van der Waals surface area contributed by atoms with Crippen LogP contribution in [0, 0.1) is 5.92 Å². The highest BCUT2D eigenvalue weighted by atomic mass is 16.7. The van der Waals surface area contributed by atoms with Gasteiger partial charge in [0, 0.05) is 19.7 Å². The van der Waals surface area contributed by atoms with Crippen LogP contribution in [0.25, 0.3) is 0 Å². The summed E-state index contributed by atoms with van der Waals surface area (Å²) in [7, 11) is -0.280. The van der Waals surface area contributed by atoms with Gasteiger partial charge >= 0.3 is 7.12 Å². The molecule has 3 aliphatic heterocycles. The molecule has 0 bridgehead atoms. The van der Waals surface area contributed by atoms with Gasteiger partial charge in [-0.2, -0.15) is 0 Å². The first kappa shape index (κ1) is 16.0. The third kappa shape index (κ3) is 2.84. The van der Waals surface area contributed by atoms with Crippen molar-refractivity contribution < 1.29 is 18.8 Å². The predicted octanol–water partition coefficient (Wildman–Crippen LogP) is 1.81. The molecule has 3 heterocycles. The lowest BCUT2D eigenvalue weighted by Crippen LogP contribution is -2.41. The molecule has 0 radical (unpaired) electrons. The summed E-state index contributed by atoms with van der Waals surface area (Å²) in [5.41, 5.74) is 0.532. The van der Waals surface area contributed by atoms with Crippen molar-refractivity contribution in [1.82, 2.24) is 4.90 Å². The second-order valence-electron chi connectivity index (χ2n) is 7.46. The van der Waals surface area contributed by atoms with Crippen LogP contribution in [0.4, 0.5) is 0 Å². The number of rotatable bonds is 2. The van der Waals surface area contributed by atoms with Crippen molar-refractivity contribution in [3.05, 3.63) is 11.5 Å². The van der Waals surface area contributed by atoms with Gasteiger partial charge in [0.25, 0.3) is 0 Å². The fourth-order valence-corrected chi connectivity index (χ4v) is 3.08. The zero-order valence-corrected chi connectivity index (χ0v) is 14.1. The third-order valence-electron chi connectivity index (χ3n) is 5.39. The van der Waals surface area contributed by atoms with Crippen LogP contribution in [-0.2, 0) is 18.8 Å². The molecule has 122 valence electrons. The fraction of sp³-hybridized carbons (Fsp3) is 0.812. The number of amides is 1. The third-order valence-corrected chi connectivity index (χ3v) is 5.39. The van der Waals surface area contributed by atoms with Crippen LogP contribution in [-0.4, -0.2) is 55.4 Å². The summed E-state index contributed by atoms with van der Waals surface area (Å²) in [6.07, 6.45) is 3.76. The number of carbonyl (C=O) groups is 1. The summed E-state index contributed by atoms with van der Waals surface area (Å²) < 4.78 is 17.5. The highest BCUT2D eigenvalue weighted by molar-refractivity contribution is 6.54. The summed E-state index contributed by atoms with van der Waals surface area (Å²) in [6, 6.07) is 0. The quantitative estimate of drug-likeness (QED) is 0.730. The number of hydrogen-bond acceptors (Lipinski definition) is 4. The number of ether oxygens (including phenoxy) is 1. The second-order valence-corrected chi connectivity index (χ2v) is 7.46. The van der Waals surface area contributed by atoms with E-state index in [1.807, 2.05) is 4.90 Å².